The molecule has 0 saturated carbocycles. The smallest absolute Gasteiger partial charge is 0.220 e. The third-order valence-corrected chi connectivity index (χ3v) is 0.654. The fraction of sp³-hybridized carbons (Fsp3) is 0. The second-order valence-electron chi connectivity index (χ2n) is 0.612. The minimum absolute atomic E-state index is 0.665. The van der Waals surface area contributed by atoms with Gasteiger partial charge >= 0.3 is 0 Å². The van der Waals surface area contributed by atoms with Gasteiger partial charge in [0.25, 0.3) is 0 Å². The Morgan fingerprint density at radius 3 is 1.50 bits per heavy atom. The van der Waals surface area contributed by atoms with E-state index in [4.69, 9.17) is 0 Å². The molecule has 0 heterocycles. The Balaban J connectivity index is 2.90. The molecule has 0 spiro atoms. The highest BCUT2D eigenvalue weighted by molar-refractivity contribution is 5.99. The van der Waals surface area contributed by atoms with Gasteiger partial charge in [-0.15, -0.1) is 0 Å². The zero-order valence-electron chi connectivity index (χ0n) is 3.82. The van der Waals surface area contributed by atoms with Crippen molar-refractivity contribution in [2.24, 2.45) is 0 Å². The van der Waals surface area contributed by atoms with Gasteiger partial charge in [-0.2, -0.15) is 0 Å². The molecule has 0 amide bonds. The monoisotopic (exact) mass is 118 g/mol. The fourth-order valence-electron chi connectivity index (χ4n) is 0.0833. The van der Waals surface area contributed by atoms with E-state index < -0.39 is 0 Å². The van der Waals surface area contributed by atoms with E-state index in [0.29, 0.717) is 21.0 Å². The van der Waals surface area contributed by atoms with E-state index in [-0.39, 0.29) is 0 Å². The molecule has 0 aromatic carbocycles. The highest BCUT2D eigenvalue weighted by Gasteiger charge is 1.52. The topological polar surface area (TPSA) is 18.5 Å². The lowest BCUT2D eigenvalue weighted by molar-refractivity contribution is 0.533. The summed E-state index contributed by atoms with van der Waals surface area (Å²) in [7, 11) is 1.33. The quantitative estimate of drug-likeness (QED) is 0.259. The Kier molecular flexibility index (Phi) is 4.28. The van der Waals surface area contributed by atoms with Gasteiger partial charge in [-0.1, -0.05) is 0 Å². The van der Waals surface area contributed by atoms with Crippen LogP contribution in [-0.2, 0) is 8.85 Å². The molecule has 0 N–H and O–H groups in total. The second-order valence-corrected chi connectivity index (χ2v) is 1.43. The largest absolute Gasteiger partial charge is 0.510 e. The molecule has 0 fully saturated rings. The van der Waals surface area contributed by atoms with Crippen molar-refractivity contribution >= 4 is 21.0 Å². The van der Waals surface area contributed by atoms with Gasteiger partial charge in [0.1, 0.15) is 12.2 Å². The Morgan fingerprint density at radius 2 is 1.33 bits per heavy atom. The van der Waals surface area contributed by atoms with E-state index in [2.05, 4.69) is 21.1 Å². The fourth-order valence-corrected chi connectivity index (χ4v) is 0.250. The van der Waals surface area contributed by atoms with Crippen LogP contribution in [0.25, 0.3) is 0 Å². The maximum atomic E-state index is 4.46. The molecule has 0 aliphatic heterocycles. The Labute approximate surface area is 42.9 Å². The predicted octanol–water partition coefficient (Wildman–Crippen LogP) is -2.50. The Hall–Kier alpha value is -0.406. The molecule has 6 heavy (non-hydrogen) atoms. The van der Waals surface area contributed by atoms with Gasteiger partial charge in [0.15, 0.2) is 0 Å². The van der Waals surface area contributed by atoms with Gasteiger partial charge in [-0.3, -0.25) is 0 Å². The molecule has 0 atom stereocenters. The summed E-state index contributed by atoms with van der Waals surface area (Å²) in [6.07, 6.45) is 4.64. The molecule has 0 aliphatic carbocycles. The lowest BCUT2D eigenvalue weighted by atomic mass is 11.2. The van der Waals surface area contributed by atoms with Crippen molar-refractivity contribution in [2.45, 2.75) is 0 Å². The summed E-state index contributed by atoms with van der Waals surface area (Å²) in [6.45, 7) is 0. The maximum Gasteiger partial charge on any atom is 0.220 e. The van der Waals surface area contributed by atoms with Crippen molar-refractivity contribution in [3.8, 4) is 12.2 Å². The van der Waals surface area contributed by atoms with Crippen LogP contribution in [-0.4, -0.2) is 21.0 Å². The van der Waals surface area contributed by atoms with Crippen LogP contribution in [0.3, 0.4) is 0 Å². The third kappa shape index (κ3) is 3.59. The van der Waals surface area contributed by atoms with Gasteiger partial charge in [0.2, 0.25) is 21.0 Å². The summed E-state index contributed by atoms with van der Waals surface area (Å²) in [5, 5.41) is 0. The molecule has 0 radical (unpaired) electrons. The summed E-state index contributed by atoms with van der Waals surface area (Å²) >= 11 is 0. The summed E-state index contributed by atoms with van der Waals surface area (Å²) in [5.41, 5.74) is 0. The summed E-state index contributed by atoms with van der Waals surface area (Å²) < 4.78 is 8.91. The molecule has 0 bridgehead atoms. The Morgan fingerprint density at radius 1 is 1.00 bits per heavy atom. The zero-order valence-corrected chi connectivity index (χ0v) is 7.82. The lowest BCUT2D eigenvalue weighted by Crippen LogP contribution is -1.71. The van der Waals surface area contributed by atoms with E-state index in [9.17, 15) is 0 Å². The van der Waals surface area contributed by atoms with Crippen LogP contribution in [0.15, 0.2) is 0 Å². The second kappa shape index (κ2) is 4.59. The lowest BCUT2D eigenvalue weighted by Gasteiger charge is -1.77. The van der Waals surface area contributed by atoms with Crippen LogP contribution in [0.2, 0.25) is 0 Å². The van der Waals surface area contributed by atoms with Crippen molar-refractivity contribution in [2.75, 3.05) is 0 Å². The van der Waals surface area contributed by atoms with Crippen LogP contribution in [0.4, 0.5) is 0 Å². The first-order valence-electron chi connectivity index (χ1n) is 1.47. The first-order chi connectivity index (χ1) is 2.91. The highest BCUT2D eigenvalue weighted by atomic mass is 28.2. The van der Waals surface area contributed by atoms with E-state index >= 15 is 0 Å². The maximum absolute atomic E-state index is 4.46. The molecule has 34 valence electrons. The predicted molar refractivity (Wildman–Crippen MR) is 29.8 cm³/mol. The number of hydrogen-bond acceptors (Lipinski definition) is 2. The van der Waals surface area contributed by atoms with Gasteiger partial charge in [0.05, 0.1) is 0 Å². The SMILES string of the molecule is [SiH3]OC#CO[SiH3]. The van der Waals surface area contributed by atoms with Crippen molar-refractivity contribution < 1.29 is 8.85 Å². The molecule has 0 aromatic heterocycles. The van der Waals surface area contributed by atoms with Crippen molar-refractivity contribution in [1.82, 2.24) is 0 Å². The Bertz CT molecular complexity index is 63.4. The van der Waals surface area contributed by atoms with Crippen molar-refractivity contribution in [1.29, 1.82) is 0 Å². The average Bonchev–Trinajstić information content (AvgIpc) is 1.61. The van der Waals surface area contributed by atoms with Gasteiger partial charge < -0.3 is 8.85 Å². The van der Waals surface area contributed by atoms with Crippen LogP contribution in [0.5, 0.6) is 0 Å². The molecule has 0 aliphatic rings. The first kappa shape index (κ1) is 5.59. The minimum atomic E-state index is 0.665. The molecule has 4 heteroatoms. The molecule has 2 nitrogen and oxygen atoms in total. The molecule has 0 saturated heterocycles. The number of hydrogen-bond donors (Lipinski definition) is 0. The molecule has 0 aromatic rings. The summed E-state index contributed by atoms with van der Waals surface area (Å²) in [4.78, 5) is 0. The van der Waals surface area contributed by atoms with Gasteiger partial charge in [0, 0.05) is 0 Å². The molecular formula is C2H6O2Si2. The van der Waals surface area contributed by atoms with E-state index in [0.717, 1.165) is 0 Å². The zero-order chi connectivity index (χ0) is 4.83. The molecule has 0 rings (SSSR count). The molecule has 0 unspecified atom stereocenters. The first-order valence-corrected chi connectivity index (χ1v) is 3.11. The van der Waals surface area contributed by atoms with Crippen molar-refractivity contribution in [3.63, 3.8) is 0 Å². The number of rotatable bonds is 0. The normalized spacial score (nSPS) is 6.00. The molecular weight excluding hydrogens is 112 g/mol. The van der Waals surface area contributed by atoms with Crippen LogP contribution in [0, 0.1) is 12.2 Å². The standard InChI is InChI=1S/C2H6O2Si2/c5-3-1-2-4-6/h5-6H3. The highest BCUT2D eigenvalue weighted by Crippen LogP contribution is 1.52. The average molecular weight is 118 g/mol. The van der Waals surface area contributed by atoms with Crippen LogP contribution >= 0.6 is 0 Å². The van der Waals surface area contributed by atoms with Crippen molar-refractivity contribution in [3.05, 3.63) is 0 Å². The van der Waals surface area contributed by atoms with E-state index in [1.54, 1.807) is 0 Å². The van der Waals surface area contributed by atoms with E-state index in [1.165, 1.54) is 0 Å². The summed E-state index contributed by atoms with van der Waals surface area (Å²) in [5.74, 6) is 0. The minimum Gasteiger partial charge on any atom is -0.510 e. The summed E-state index contributed by atoms with van der Waals surface area (Å²) in [6, 6.07) is 0. The van der Waals surface area contributed by atoms with E-state index in [1.807, 2.05) is 0 Å². The van der Waals surface area contributed by atoms with Gasteiger partial charge in [-0.05, 0) is 0 Å². The third-order valence-electron chi connectivity index (χ3n) is 0.246. The van der Waals surface area contributed by atoms with Crippen LogP contribution in [0.1, 0.15) is 0 Å². The van der Waals surface area contributed by atoms with Crippen LogP contribution < -0.4 is 0 Å². The van der Waals surface area contributed by atoms with Gasteiger partial charge in [-0.25, -0.2) is 0 Å².